The molecule has 0 aromatic carbocycles. The van der Waals surface area contributed by atoms with E-state index in [2.05, 4.69) is 6.92 Å². The molecule has 1 amide bonds. The van der Waals surface area contributed by atoms with E-state index < -0.39 is 5.60 Å². The van der Waals surface area contributed by atoms with E-state index in [4.69, 9.17) is 10.5 Å². The lowest BCUT2D eigenvalue weighted by molar-refractivity contribution is 0.0779. The molecular formula is C9H18N2O2. The Bertz CT molecular complexity index is 208. The van der Waals surface area contributed by atoms with Gasteiger partial charge in [-0.2, -0.15) is 0 Å². The monoisotopic (exact) mass is 186 g/mol. The zero-order valence-electron chi connectivity index (χ0n) is 8.54. The fraction of sp³-hybridized carbons (Fsp3) is 0.889. The zero-order valence-corrected chi connectivity index (χ0v) is 8.54. The molecule has 4 heteroatoms. The number of carbonyl (C=O) groups is 1. The van der Waals surface area contributed by atoms with Gasteiger partial charge in [-0.25, -0.2) is 4.79 Å². The molecular weight excluding hydrogens is 168 g/mol. The fourth-order valence-electron chi connectivity index (χ4n) is 1.39. The first kappa shape index (κ1) is 10.3. The molecule has 13 heavy (non-hydrogen) atoms. The predicted molar refractivity (Wildman–Crippen MR) is 50.4 cm³/mol. The van der Waals surface area contributed by atoms with Gasteiger partial charge in [0.2, 0.25) is 0 Å². The summed E-state index contributed by atoms with van der Waals surface area (Å²) in [5.41, 5.74) is 5.04. The van der Waals surface area contributed by atoms with Crippen molar-refractivity contribution in [1.29, 1.82) is 0 Å². The number of ether oxygens (including phenoxy) is 1. The Morgan fingerprint density at radius 2 is 2.38 bits per heavy atom. The predicted octanol–water partition coefficient (Wildman–Crippen LogP) is 0.954. The summed E-state index contributed by atoms with van der Waals surface area (Å²) in [7, 11) is 0. The number of rotatable bonds is 3. The van der Waals surface area contributed by atoms with Crippen LogP contribution in [0.1, 0.15) is 27.2 Å². The highest BCUT2D eigenvalue weighted by atomic mass is 16.6. The molecule has 2 N–H and O–H groups in total. The number of hydrogen-bond donors (Lipinski definition) is 1. The lowest BCUT2D eigenvalue weighted by Crippen LogP contribution is -2.40. The van der Waals surface area contributed by atoms with Crippen molar-refractivity contribution in [1.82, 2.24) is 4.90 Å². The first-order valence-electron chi connectivity index (χ1n) is 4.72. The van der Waals surface area contributed by atoms with Crippen LogP contribution in [-0.2, 0) is 4.74 Å². The topological polar surface area (TPSA) is 55.6 Å². The van der Waals surface area contributed by atoms with Gasteiger partial charge in [-0.15, -0.1) is 0 Å². The maximum Gasteiger partial charge on any atom is 0.410 e. The van der Waals surface area contributed by atoms with Crippen molar-refractivity contribution < 1.29 is 9.53 Å². The first-order chi connectivity index (χ1) is 6.02. The van der Waals surface area contributed by atoms with Gasteiger partial charge in [0.15, 0.2) is 0 Å². The highest BCUT2D eigenvalue weighted by molar-refractivity contribution is 5.71. The molecule has 1 aliphatic rings. The molecule has 1 aliphatic heterocycles. The van der Waals surface area contributed by atoms with Crippen molar-refractivity contribution in [2.45, 2.75) is 38.8 Å². The lowest BCUT2D eigenvalue weighted by Gasteiger charge is -2.22. The fourth-order valence-corrected chi connectivity index (χ4v) is 1.39. The highest BCUT2D eigenvalue weighted by Gasteiger charge is 2.41. The van der Waals surface area contributed by atoms with E-state index in [9.17, 15) is 4.79 Å². The Hall–Kier alpha value is -0.770. The minimum absolute atomic E-state index is 0.234. The summed E-state index contributed by atoms with van der Waals surface area (Å²) in [6.07, 6.45) is 0.706. The molecule has 1 fully saturated rings. The van der Waals surface area contributed by atoms with E-state index >= 15 is 0 Å². The number of nitrogens with two attached hydrogens (primary N) is 1. The molecule has 0 bridgehead atoms. The molecule has 1 heterocycles. The molecule has 1 saturated heterocycles. The van der Waals surface area contributed by atoms with Crippen molar-refractivity contribution >= 4 is 6.09 Å². The number of nitrogens with zero attached hydrogens (tertiary/aromatic N) is 1. The number of carbonyl (C=O) groups excluding carboxylic acids is 1. The number of amides is 1. The second-order valence-electron chi connectivity index (χ2n) is 3.91. The average Bonchev–Trinajstić information content (AvgIpc) is 2.42. The minimum atomic E-state index is -0.486. The zero-order chi connectivity index (χ0) is 10.1. The highest BCUT2D eigenvalue weighted by Crippen LogP contribution is 2.23. The lowest BCUT2D eigenvalue weighted by atomic mass is 10.1. The summed E-state index contributed by atoms with van der Waals surface area (Å²) >= 11 is 0. The maximum atomic E-state index is 11.4. The van der Waals surface area contributed by atoms with Gasteiger partial charge in [0, 0.05) is 12.6 Å². The second-order valence-corrected chi connectivity index (χ2v) is 3.91. The van der Waals surface area contributed by atoms with E-state index in [1.54, 1.807) is 4.90 Å². The summed E-state index contributed by atoms with van der Waals surface area (Å²) in [6, 6.07) is 0.237. The molecule has 0 aromatic rings. The largest absolute Gasteiger partial charge is 0.440 e. The molecule has 2 unspecified atom stereocenters. The van der Waals surface area contributed by atoms with E-state index in [0.717, 1.165) is 6.42 Å². The molecule has 76 valence electrons. The van der Waals surface area contributed by atoms with Gasteiger partial charge in [-0.05, 0) is 20.3 Å². The minimum Gasteiger partial charge on any atom is -0.440 e. The van der Waals surface area contributed by atoms with Gasteiger partial charge in [-0.3, -0.25) is 0 Å². The number of cyclic esters (lactones) is 1. The van der Waals surface area contributed by atoms with Crippen molar-refractivity contribution in [3.8, 4) is 0 Å². The Balaban J connectivity index is 2.66. The van der Waals surface area contributed by atoms with E-state index in [0.29, 0.717) is 13.1 Å². The summed E-state index contributed by atoms with van der Waals surface area (Å²) in [6.45, 7) is 6.93. The molecule has 0 spiro atoms. The van der Waals surface area contributed by atoms with Crippen LogP contribution in [0.2, 0.25) is 0 Å². The van der Waals surface area contributed by atoms with E-state index in [-0.39, 0.29) is 12.1 Å². The third-order valence-corrected chi connectivity index (χ3v) is 2.63. The van der Waals surface area contributed by atoms with Gasteiger partial charge in [0.05, 0.1) is 6.54 Å². The standard InChI is InChI=1S/C9H18N2O2/c1-4-7(2)11-6-9(3,5-10)13-8(11)12/h7H,4-6,10H2,1-3H3. The normalized spacial score (nSPS) is 30.5. The quantitative estimate of drug-likeness (QED) is 0.714. The Morgan fingerprint density at radius 3 is 2.77 bits per heavy atom. The first-order valence-corrected chi connectivity index (χ1v) is 4.72. The molecule has 0 saturated carbocycles. The molecule has 1 rings (SSSR count). The van der Waals surface area contributed by atoms with Crippen molar-refractivity contribution in [2.75, 3.05) is 13.1 Å². The van der Waals surface area contributed by atoms with Crippen LogP contribution in [0.3, 0.4) is 0 Å². The van der Waals surface area contributed by atoms with Gasteiger partial charge >= 0.3 is 6.09 Å². The third kappa shape index (κ3) is 1.94. The van der Waals surface area contributed by atoms with E-state index in [1.807, 2.05) is 13.8 Å². The van der Waals surface area contributed by atoms with Crippen LogP contribution in [0.5, 0.6) is 0 Å². The van der Waals surface area contributed by atoms with Gasteiger partial charge in [0.1, 0.15) is 5.60 Å². The van der Waals surface area contributed by atoms with Gasteiger partial charge in [-0.1, -0.05) is 6.92 Å². The maximum absolute atomic E-state index is 11.4. The van der Waals surface area contributed by atoms with Crippen molar-refractivity contribution in [3.05, 3.63) is 0 Å². The van der Waals surface area contributed by atoms with Crippen LogP contribution in [0.15, 0.2) is 0 Å². The van der Waals surface area contributed by atoms with Gasteiger partial charge < -0.3 is 15.4 Å². The smallest absolute Gasteiger partial charge is 0.410 e. The second kappa shape index (κ2) is 3.54. The van der Waals surface area contributed by atoms with Crippen LogP contribution in [0.25, 0.3) is 0 Å². The van der Waals surface area contributed by atoms with Crippen LogP contribution in [0, 0.1) is 0 Å². The van der Waals surface area contributed by atoms with E-state index in [1.165, 1.54) is 0 Å². The van der Waals surface area contributed by atoms with Gasteiger partial charge in [0.25, 0.3) is 0 Å². The average molecular weight is 186 g/mol. The van der Waals surface area contributed by atoms with Crippen LogP contribution < -0.4 is 5.73 Å². The van der Waals surface area contributed by atoms with Crippen LogP contribution >= 0.6 is 0 Å². The summed E-state index contributed by atoms with van der Waals surface area (Å²) in [5, 5.41) is 0. The number of hydrogen-bond acceptors (Lipinski definition) is 3. The summed E-state index contributed by atoms with van der Waals surface area (Å²) in [4.78, 5) is 13.1. The Morgan fingerprint density at radius 1 is 1.77 bits per heavy atom. The third-order valence-electron chi connectivity index (χ3n) is 2.63. The Kier molecular flexibility index (Phi) is 2.81. The summed E-state index contributed by atoms with van der Waals surface area (Å²) in [5.74, 6) is 0. The summed E-state index contributed by atoms with van der Waals surface area (Å²) < 4.78 is 5.20. The van der Waals surface area contributed by atoms with Crippen LogP contribution in [0.4, 0.5) is 4.79 Å². The molecule has 4 nitrogen and oxygen atoms in total. The van der Waals surface area contributed by atoms with Crippen molar-refractivity contribution in [2.24, 2.45) is 5.73 Å². The van der Waals surface area contributed by atoms with Crippen LogP contribution in [-0.4, -0.2) is 35.7 Å². The Labute approximate surface area is 79.0 Å². The SMILES string of the molecule is CCC(C)N1CC(C)(CN)OC1=O. The molecule has 2 atom stereocenters. The molecule has 0 radical (unpaired) electrons. The van der Waals surface area contributed by atoms with Crippen molar-refractivity contribution in [3.63, 3.8) is 0 Å². The molecule has 0 aromatic heterocycles. The molecule has 0 aliphatic carbocycles.